The summed E-state index contributed by atoms with van der Waals surface area (Å²) in [6.07, 6.45) is -1.92. The molecule has 0 aliphatic heterocycles. The molecule has 36 heavy (non-hydrogen) atoms. The van der Waals surface area contributed by atoms with Crippen molar-refractivity contribution < 1.29 is 27.5 Å². The van der Waals surface area contributed by atoms with Gasteiger partial charge >= 0.3 is 18.2 Å². The SMILES string of the molecule is CCOC(=O)c1cn2ncnc(N)c2c1-c1ccc(NC(=O)Nc2ccc(Cl)c(C(F)(F)F)c2)cc1. The molecule has 0 aliphatic carbocycles. The summed E-state index contributed by atoms with van der Waals surface area (Å²) < 4.78 is 45.7. The van der Waals surface area contributed by atoms with E-state index in [1.54, 1.807) is 31.2 Å². The first-order valence-corrected chi connectivity index (χ1v) is 10.8. The molecule has 4 aromatic rings. The zero-order valence-corrected chi connectivity index (χ0v) is 19.3. The molecule has 13 heteroatoms. The maximum Gasteiger partial charge on any atom is 0.417 e. The number of nitrogens with one attached hydrogen (secondary N) is 2. The van der Waals surface area contributed by atoms with Crippen LogP contribution < -0.4 is 16.4 Å². The number of anilines is 3. The van der Waals surface area contributed by atoms with Crippen LogP contribution in [-0.2, 0) is 10.9 Å². The highest BCUT2D eigenvalue weighted by Gasteiger charge is 2.33. The highest BCUT2D eigenvalue weighted by atomic mass is 35.5. The Kier molecular flexibility index (Phi) is 6.71. The first-order chi connectivity index (χ1) is 17.1. The topological polar surface area (TPSA) is 124 Å². The van der Waals surface area contributed by atoms with Crippen LogP contribution in [0.4, 0.5) is 35.2 Å². The molecule has 0 saturated carbocycles. The molecule has 0 saturated heterocycles. The number of aromatic nitrogens is 3. The number of urea groups is 1. The van der Waals surface area contributed by atoms with E-state index in [9.17, 15) is 22.8 Å². The number of esters is 1. The standard InChI is InChI=1S/C23H18ClF3N6O3/c1-2-36-21(34)15-10-33-19(20(28)29-11-30-33)18(15)12-3-5-13(6-4-12)31-22(35)32-14-7-8-17(24)16(9-14)23(25,26)27/h3-11H,2H2,1H3,(H2,28,29,30)(H2,31,32,35). The van der Waals surface area contributed by atoms with E-state index in [0.29, 0.717) is 22.3 Å². The average Bonchev–Trinajstić information content (AvgIpc) is 3.21. The zero-order valence-electron chi connectivity index (χ0n) is 18.6. The molecular weight excluding hydrogens is 501 g/mol. The Morgan fingerprint density at radius 1 is 1.11 bits per heavy atom. The van der Waals surface area contributed by atoms with Crippen LogP contribution in [0.25, 0.3) is 16.6 Å². The molecule has 0 atom stereocenters. The fourth-order valence-electron chi connectivity index (χ4n) is 3.52. The summed E-state index contributed by atoms with van der Waals surface area (Å²) in [5.74, 6) is -0.418. The molecule has 2 aromatic heterocycles. The molecule has 186 valence electrons. The summed E-state index contributed by atoms with van der Waals surface area (Å²) in [7, 11) is 0. The minimum atomic E-state index is -4.67. The van der Waals surface area contributed by atoms with E-state index in [2.05, 4.69) is 20.7 Å². The third-order valence-electron chi connectivity index (χ3n) is 5.06. The lowest BCUT2D eigenvalue weighted by Crippen LogP contribution is -2.19. The second-order valence-corrected chi connectivity index (χ2v) is 7.83. The Balaban J connectivity index is 1.58. The number of halogens is 4. The van der Waals surface area contributed by atoms with Gasteiger partial charge in [-0.1, -0.05) is 23.7 Å². The average molecular weight is 519 g/mol. The molecular formula is C23H18ClF3N6O3. The Morgan fingerprint density at radius 3 is 2.44 bits per heavy atom. The number of carbonyl (C=O) groups is 2. The lowest BCUT2D eigenvalue weighted by Gasteiger charge is -2.12. The summed E-state index contributed by atoms with van der Waals surface area (Å²) in [6.45, 7) is 1.85. The van der Waals surface area contributed by atoms with E-state index >= 15 is 0 Å². The van der Waals surface area contributed by atoms with Gasteiger partial charge in [-0.2, -0.15) is 18.3 Å². The van der Waals surface area contributed by atoms with Crippen molar-refractivity contribution >= 4 is 46.3 Å². The number of fused-ring (bicyclic) bond motifs is 1. The molecule has 4 N–H and O–H groups in total. The first-order valence-electron chi connectivity index (χ1n) is 10.4. The van der Waals surface area contributed by atoms with Crippen LogP contribution in [-0.4, -0.2) is 33.2 Å². The molecule has 2 heterocycles. The fraction of sp³-hybridized carbons (Fsp3) is 0.130. The van der Waals surface area contributed by atoms with Crippen molar-refractivity contribution in [3.05, 3.63) is 71.1 Å². The quantitative estimate of drug-likeness (QED) is 0.301. The van der Waals surface area contributed by atoms with Gasteiger partial charge in [0.15, 0.2) is 5.82 Å². The van der Waals surface area contributed by atoms with Crippen LogP contribution in [0.1, 0.15) is 22.8 Å². The summed E-state index contributed by atoms with van der Waals surface area (Å²) in [5.41, 5.74) is 6.87. The molecule has 4 rings (SSSR count). The van der Waals surface area contributed by atoms with E-state index in [0.717, 1.165) is 12.1 Å². The minimum absolute atomic E-state index is 0.0873. The Labute approximate surface area is 207 Å². The van der Waals surface area contributed by atoms with Crippen molar-refractivity contribution in [2.75, 3.05) is 23.0 Å². The van der Waals surface area contributed by atoms with Crippen LogP contribution >= 0.6 is 11.6 Å². The summed E-state index contributed by atoms with van der Waals surface area (Å²) in [4.78, 5) is 28.9. The summed E-state index contributed by atoms with van der Waals surface area (Å²) >= 11 is 5.60. The second kappa shape index (κ2) is 9.74. The lowest BCUT2D eigenvalue weighted by molar-refractivity contribution is -0.137. The molecule has 0 aliphatic rings. The zero-order chi connectivity index (χ0) is 26.0. The van der Waals surface area contributed by atoms with Crippen molar-refractivity contribution in [1.82, 2.24) is 14.6 Å². The molecule has 0 radical (unpaired) electrons. The maximum absolute atomic E-state index is 13.1. The van der Waals surface area contributed by atoms with Gasteiger partial charge in [-0.25, -0.2) is 19.1 Å². The predicted octanol–water partition coefficient (Wildman–Crippen LogP) is 5.47. The highest BCUT2D eigenvalue weighted by molar-refractivity contribution is 6.31. The lowest BCUT2D eigenvalue weighted by atomic mass is 10.0. The highest BCUT2D eigenvalue weighted by Crippen LogP contribution is 2.36. The number of nitrogen functional groups attached to an aromatic ring is 1. The monoisotopic (exact) mass is 518 g/mol. The fourth-order valence-corrected chi connectivity index (χ4v) is 3.75. The van der Waals surface area contributed by atoms with Crippen molar-refractivity contribution in [3.63, 3.8) is 0 Å². The maximum atomic E-state index is 13.1. The predicted molar refractivity (Wildman–Crippen MR) is 128 cm³/mol. The smallest absolute Gasteiger partial charge is 0.417 e. The Bertz CT molecular complexity index is 1450. The number of nitrogens with zero attached hydrogens (tertiary/aromatic N) is 3. The Morgan fingerprint density at radius 2 is 1.78 bits per heavy atom. The molecule has 9 nitrogen and oxygen atoms in total. The Hall–Kier alpha value is -4.32. The molecule has 2 aromatic carbocycles. The van der Waals surface area contributed by atoms with Crippen molar-refractivity contribution in [2.24, 2.45) is 0 Å². The number of ether oxygens (including phenoxy) is 1. The number of carbonyl (C=O) groups excluding carboxylic acids is 2. The summed E-state index contributed by atoms with van der Waals surface area (Å²) in [5, 5.41) is 8.48. The number of rotatable bonds is 5. The minimum Gasteiger partial charge on any atom is -0.462 e. The van der Waals surface area contributed by atoms with Crippen molar-refractivity contribution in [3.8, 4) is 11.1 Å². The van der Waals surface area contributed by atoms with E-state index in [1.807, 2.05) is 0 Å². The normalized spacial score (nSPS) is 11.4. The van der Waals surface area contributed by atoms with Gasteiger partial charge < -0.3 is 21.1 Å². The van der Waals surface area contributed by atoms with Crippen LogP contribution in [0.2, 0.25) is 5.02 Å². The number of nitrogens with two attached hydrogens (primary N) is 1. The van der Waals surface area contributed by atoms with Crippen LogP contribution in [0.15, 0.2) is 55.0 Å². The van der Waals surface area contributed by atoms with Crippen LogP contribution in [0.3, 0.4) is 0 Å². The number of hydrogen-bond donors (Lipinski definition) is 3. The van der Waals surface area contributed by atoms with Gasteiger partial charge in [0.05, 0.1) is 22.8 Å². The van der Waals surface area contributed by atoms with Crippen molar-refractivity contribution in [1.29, 1.82) is 0 Å². The second-order valence-electron chi connectivity index (χ2n) is 7.43. The largest absolute Gasteiger partial charge is 0.462 e. The van der Waals surface area contributed by atoms with E-state index < -0.39 is 28.8 Å². The van der Waals surface area contributed by atoms with Gasteiger partial charge in [0.25, 0.3) is 0 Å². The summed E-state index contributed by atoms with van der Waals surface area (Å²) in [6, 6.07) is 8.64. The van der Waals surface area contributed by atoms with Gasteiger partial charge in [0.2, 0.25) is 0 Å². The number of benzene rings is 2. The number of alkyl halides is 3. The van der Waals surface area contributed by atoms with Crippen molar-refractivity contribution in [2.45, 2.75) is 13.1 Å². The van der Waals surface area contributed by atoms with Gasteiger partial charge in [0.1, 0.15) is 11.8 Å². The number of hydrogen-bond acceptors (Lipinski definition) is 6. The molecule has 0 spiro atoms. The van der Waals surface area contributed by atoms with E-state index in [4.69, 9.17) is 22.1 Å². The third kappa shape index (κ3) is 5.03. The molecule has 2 amide bonds. The third-order valence-corrected chi connectivity index (χ3v) is 5.39. The van der Waals surface area contributed by atoms with Gasteiger partial charge in [-0.15, -0.1) is 0 Å². The van der Waals surface area contributed by atoms with Crippen LogP contribution in [0, 0.1) is 0 Å². The molecule has 0 unspecified atom stereocenters. The first kappa shape index (κ1) is 24.8. The molecule has 0 bridgehead atoms. The van der Waals surface area contributed by atoms with Gasteiger partial charge in [0, 0.05) is 23.1 Å². The van der Waals surface area contributed by atoms with Gasteiger partial charge in [-0.05, 0) is 42.8 Å². The van der Waals surface area contributed by atoms with Crippen LogP contribution in [0.5, 0.6) is 0 Å². The van der Waals surface area contributed by atoms with E-state index in [-0.39, 0.29) is 23.7 Å². The van der Waals surface area contributed by atoms with Gasteiger partial charge in [-0.3, -0.25) is 0 Å². The molecule has 0 fully saturated rings. The number of amides is 2. The van der Waals surface area contributed by atoms with E-state index in [1.165, 1.54) is 23.1 Å².